The van der Waals surface area contributed by atoms with Crippen LogP contribution in [0.25, 0.3) is 6.08 Å². The maximum absolute atomic E-state index is 5.86. The molecule has 2 aromatic carbocycles. The van der Waals surface area contributed by atoms with Gasteiger partial charge in [0.05, 0.1) is 6.61 Å². The molecule has 0 amide bonds. The van der Waals surface area contributed by atoms with E-state index in [9.17, 15) is 0 Å². The van der Waals surface area contributed by atoms with Crippen LogP contribution in [0.4, 0.5) is 0 Å². The molecule has 0 saturated heterocycles. The molecule has 110 valence electrons. The van der Waals surface area contributed by atoms with Crippen molar-refractivity contribution < 1.29 is 4.74 Å². The molecule has 0 N–H and O–H groups in total. The smallest absolute Gasteiger partial charge is 0.126 e. The van der Waals surface area contributed by atoms with Gasteiger partial charge in [-0.15, -0.1) is 0 Å². The van der Waals surface area contributed by atoms with E-state index in [-0.39, 0.29) is 0 Å². The van der Waals surface area contributed by atoms with Crippen molar-refractivity contribution in [2.24, 2.45) is 0 Å². The first kappa shape index (κ1) is 15.4. The Bertz CT molecular complexity index is 557. The summed E-state index contributed by atoms with van der Waals surface area (Å²) in [7, 11) is 0. The van der Waals surface area contributed by atoms with Crippen molar-refractivity contribution in [2.45, 2.75) is 32.6 Å². The minimum atomic E-state index is 0.398. The third-order valence-electron chi connectivity index (χ3n) is 3.56. The average molecular weight is 280 g/mol. The summed E-state index contributed by atoms with van der Waals surface area (Å²) in [5, 5.41) is 0. The summed E-state index contributed by atoms with van der Waals surface area (Å²) in [5.41, 5.74) is 2.48. The zero-order valence-corrected chi connectivity index (χ0v) is 13.0. The Morgan fingerprint density at radius 1 is 1.00 bits per heavy atom. The molecule has 1 heteroatoms. The second kappa shape index (κ2) is 8.31. The van der Waals surface area contributed by atoms with Crippen molar-refractivity contribution in [3.63, 3.8) is 0 Å². The van der Waals surface area contributed by atoms with Crippen LogP contribution in [0.2, 0.25) is 0 Å². The van der Waals surface area contributed by atoms with Gasteiger partial charge in [-0.25, -0.2) is 0 Å². The number of hydrogen-bond acceptors (Lipinski definition) is 1. The Balaban J connectivity index is 2.06. The first-order valence-corrected chi connectivity index (χ1v) is 7.76. The van der Waals surface area contributed by atoms with E-state index < -0.39 is 0 Å². The second-order valence-electron chi connectivity index (χ2n) is 5.30. The summed E-state index contributed by atoms with van der Waals surface area (Å²) in [4.78, 5) is 0. The molecule has 1 atom stereocenters. The van der Waals surface area contributed by atoms with E-state index in [1.807, 2.05) is 12.1 Å². The number of para-hydroxylation sites is 1. The SMILES string of the molecule is CCCCOc1ccccc1C=CC(C)c1ccccc1. The third kappa shape index (κ3) is 4.78. The maximum atomic E-state index is 5.86. The van der Waals surface area contributed by atoms with Gasteiger partial charge in [0.1, 0.15) is 5.75 Å². The summed E-state index contributed by atoms with van der Waals surface area (Å²) >= 11 is 0. The fourth-order valence-corrected chi connectivity index (χ4v) is 2.19. The fraction of sp³-hybridized carbons (Fsp3) is 0.300. The van der Waals surface area contributed by atoms with Crippen molar-refractivity contribution in [1.82, 2.24) is 0 Å². The van der Waals surface area contributed by atoms with Crippen molar-refractivity contribution in [3.05, 3.63) is 71.8 Å². The Labute approximate surface area is 128 Å². The van der Waals surface area contributed by atoms with Gasteiger partial charge in [0.25, 0.3) is 0 Å². The van der Waals surface area contributed by atoms with Crippen LogP contribution < -0.4 is 4.74 Å². The fourth-order valence-electron chi connectivity index (χ4n) is 2.19. The predicted molar refractivity (Wildman–Crippen MR) is 90.7 cm³/mol. The first-order chi connectivity index (χ1) is 10.3. The lowest BCUT2D eigenvalue weighted by Gasteiger charge is -2.10. The van der Waals surface area contributed by atoms with Crippen molar-refractivity contribution in [3.8, 4) is 5.75 Å². The largest absolute Gasteiger partial charge is 0.493 e. The topological polar surface area (TPSA) is 9.23 Å². The molecule has 0 bridgehead atoms. The van der Waals surface area contributed by atoms with Gasteiger partial charge in [-0.2, -0.15) is 0 Å². The van der Waals surface area contributed by atoms with Crippen LogP contribution in [-0.2, 0) is 0 Å². The van der Waals surface area contributed by atoms with Crippen LogP contribution in [-0.4, -0.2) is 6.61 Å². The standard InChI is InChI=1S/C20H24O/c1-3-4-16-21-20-13-9-8-12-19(20)15-14-17(2)18-10-6-5-7-11-18/h5-15,17H,3-4,16H2,1-2H3. The number of unbranched alkanes of at least 4 members (excludes halogenated alkanes) is 1. The average Bonchev–Trinajstić information content (AvgIpc) is 2.54. The van der Waals surface area contributed by atoms with E-state index in [2.05, 4.69) is 68.5 Å². The van der Waals surface area contributed by atoms with E-state index in [1.165, 1.54) is 5.56 Å². The molecule has 0 saturated carbocycles. The van der Waals surface area contributed by atoms with E-state index in [4.69, 9.17) is 4.74 Å². The highest BCUT2D eigenvalue weighted by atomic mass is 16.5. The van der Waals surface area contributed by atoms with Crippen LogP contribution in [0.5, 0.6) is 5.75 Å². The zero-order valence-electron chi connectivity index (χ0n) is 13.0. The minimum Gasteiger partial charge on any atom is -0.493 e. The molecule has 0 radical (unpaired) electrons. The van der Waals surface area contributed by atoms with Crippen LogP contribution in [0.15, 0.2) is 60.7 Å². The molecule has 0 aromatic heterocycles. The molecule has 1 nitrogen and oxygen atoms in total. The van der Waals surface area contributed by atoms with Gasteiger partial charge >= 0.3 is 0 Å². The predicted octanol–water partition coefficient (Wildman–Crippen LogP) is 5.68. The maximum Gasteiger partial charge on any atom is 0.126 e. The van der Waals surface area contributed by atoms with Gasteiger partial charge in [-0.1, -0.05) is 81.0 Å². The highest BCUT2D eigenvalue weighted by molar-refractivity contribution is 5.58. The van der Waals surface area contributed by atoms with Gasteiger partial charge in [0.2, 0.25) is 0 Å². The highest BCUT2D eigenvalue weighted by Crippen LogP contribution is 2.23. The molecule has 0 aliphatic rings. The lowest BCUT2D eigenvalue weighted by molar-refractivity contribution is 0.309. The van der Waals surface area contributed by atoms with Crippen LogP contribution >= 0.6 is 0 Å². The van der Waals surface area contributed by atoms with Gasteiger partial charge in [0.15, 0.2) is 0 Å². The lowest BCUT2D eigenvalue weighted by Crippen LogP contribution is -1.98. The summed E-state index contributed by atoms with van der Waals surface area (Å²) in [6.07, 6.45) is 6.65. The molecule has 0 aliphatic heterocycles. The number of benzene rings is 2. The summed E-state index contributed by atoms with van der Waals surface area (Å²) in [5.74, 6) is 1.37. The zero-order chi connectivity index (χ0) is 14.9. The quantitative estimate of drug-likeness (QED) is 0.593. The van der Waals surface area contributed by atoms with E-state index >= 15 is 0 Å². The lowest BCUT2D eigenvalue weighted by atomic mass is 10.00. The van der Waals surface area contributed by atoms with Crippen molar-refractivity contribution in [1.29, 1.82) is 0 Å². The Hall–Kier alpha value is -2.02. The molecule has 21 heavy (non-hydrogen) atoms. The molecule has 0 heterocycles. The second-order valence-corrected chi connectivity index (χ2v) is 5.30. The van der Waals surface area contributed by atoms with E-state index in [0.29, 0.717) is 5.92 Å². The first-order valence-electron chi connectivity index (χ1n) is 7.76. The number of ether oxygens (including phenoxy) is 1. The highest BCUT2D eigenvalue weighted by Gasteiger charge is 2.02. The Morgan fingerprint density at radius 3 is 2.48 bits per heavy atom. The van der Waals surface area contributed by atoms with E-state index in [0.717, 1.165) is 30.8 Å². The van der Waals surface area contributed by atoms with Crippen LogP contribution in [0, 0.1) is 0 Å². The molecule has 2 rings (SSSR count). The van der Waals surface area contributed by atoms with Crippen LogP contribution in [0.3, 0.4) is 0 Å². The molecular formula is C20H24O. The van der Waals surface area contributed by atoms with Crippen molar-refractivity contribution >= 4 is 6.08 Å². The summed E-state index contributed by atoms with van der Waals surface area (Å²) < 4.78 is 5.86. The number of rotatable bonds is 7. The third-order valence-corrected chi connectivity index (χ3v) is 3.56. The summed E-state index contributed by atoms with van der Waals surface area (Å²) in [6, 6.07) is 18.8. The number of allylic oxidation sites excluding steroid dienone is 1. The normalized spacial score (nSPS) is 12.5. The van der Waals surface area contributed by atoms with Gasteiger partial charge in [0, 0.05) is 5.56 Å². The minimum absolute atomic E-state index is 0.398. The molecule has 0 fully saturated rings. The van der Waals surface area contributed by atoms with Crippen LogP contribution in [0.1, 0.15) is 43.7 Å². The molecule has 0 spiro atoms. The van der Waals surface area contributed by atoms with Gasteiger partial charge in [-0.05, 0) is 24.0 Å². The summed E-state index contributed by atoms with van der Waals surface area (Å²) in [6.45, 7) is 5.18. The van der Waals surface area contributed by atoms with Gasteiger partial charge < -0.3 is 4.74 Å². The molecule has 0 aliphatic carbocycles. The van der Waals surface area contributed by atoms with Crippen molar-refractivity contribution in [2.75, 3.05) is 6.61 Å². The Morgan fingerprint density at radius 2 is 1.71 bits per heavy atom. The van der Waals surface area contributed by atoms with Gasteiger partial charge in [-0.3, -0.25) is 0 Å². The monoisotopic (exact) mass is 280 g/mol. The Kier molecular flexibility index (Phi) is 6.08. The molecular weight excluding hydrogens is 256 g/mol. The van der Waals surface area contributed by atoms with E-state index in [1.54, 1.807) is 0 Å². The number of hydrogen-bond donors (Lipinski definition) is 0. The molecule has 1 unspecified atom stereocenters. The molecule has 2 aromatic rings.